The van der Waals surface area contributed by atoms with Crippen LogP contribution < -0.4 is 14.2 Å². The first-order valence-electron chi connectivity index (χ1n) is 7.45. The molecule has 0 fully saturated rings. The molecule has 0 aliphatic rings. The van der Waals surface area contributed by atoms with Crippen LogP contribution in [0.4, 0.5) is 0 Å². The summed E-state index contributed by atoms with van der Waals surface area (Å²) in [5, 5.41) is 0. The minimum Gasteiger partial charge on any atom is -0.497 e. The van der Waals surface area contributed by atoms with Crippen LogP contribution in [0.5, 0.6) is 17.4 Å². The number of aromatic nitrogens is 2. The number of benzene rings is 2. The number of rotatable bonds is 5. The van der Waals surface area contributed by atoms with Gasteiger partial charge in [0.15, 0.2) is 0 Å². The van der Waals surface area contributed by atoms with Crippen molar-refractivity contribution in [3.63, 3.8) is 0 Å². The molecule has 3 aromatic rings. The van der Waals surface area contributed by atoms with E-state index in [4.69, 9.17) is 14.2 Å². The van der Waals surface area contributed by atoms with Crippen LogP contribution in [-0.4, -0.2) is 31.3 Å². The van der Waals surface area contributed by atoms with Crippen molar-refractivity contribution in [1.82, 2.24) is 9.97 Å². The predicted molar refractivity (Wildman–Crippen MR) is 92.6 cm³/mol. The molecule has 0 aliphatic heterocycles. The summed E-state index contributed by atoms with van der Waals surface area (Å²) in [6, 6.07) is 15.4. The Morgan fingerprint density at radius 1 is 0.625 bits per heavy atom. The molecule has 5 heteroatoms. The second-order valence-electron chi connectivity index (χ2n) is 5.07. The minimum atomic E-state index is 0.470. The lowest BCUT2D eigenvalue weighted by Gasteiger charge is -2.11. The molecule has 122 valence electrons. The number of nitrogens with zero attached hydrogens (tertiary/aromatic N) is 2. The molecule has 0 amide bonds. The highest BCUT2D eigenvalue weighted by Crippen LogP contribution is 2.32. The molecule has 0 radical (unpaired) electrons. The Kier molecular flexibility index (Phi) is 4.61. The van der Waals surface area contributed by atoms with Crippen LogP contribution >= 0.6 is 0 Å². The third kappa shape index (κ3) is 3.15. The fraction of sp³-hybridized carbons (Fsp3) is 0.158. The molecule has 0 saturated carbocycles. The van der Waals surface area contributed by atoms with Gasteiger partial charge in [0.05, 0.1) is 33.2 Å². The average Bonchev–Trinajstić information content (AvgIpc) is 2.67. The standard InChI is InChI=1S/C19H18N2O3/c1-22-15-8-4-13(5-9-15)18-19(21-17(24-3)12-20-18)14-6-10-16(23-2)11-7-14/h4-12H,1-3H3. The van der Waals surface area contributed by atoms with Crippen molar-refractivity contribution in [3.8, 4) is 39.9 Å². The Labute approximate surface area is 140 Å². The van der Waals surface area contributed by atoms with Crippen molar-refractivity contribution in [2.24, 2.45) is 0 Å². The van der Waals surface area contributed by atoms with Gasteiger partial charge in [0.2, 0.25) is 5.88 Å². The van der Waals surface area contributed by atoms with Crippen molar-refractivity contribution < 1.29 is 14.2 Å². The highest BCUT2D eigenvalue weighted by molar-refractivity contribution is 5.78. The van der Waals surface area contributed by atoms with Gasteiger partial charge in [0.25, 0.3) is 0 Å². The molecule has 0 bridgehead atoms. The normalized spacial score (nSPS) is 10.3. The maximum Gasteiger partial charge on any atom is 0.232 e. The molecule has 3 rings (SSSR count). The van der Waals surface area contributed by atoms with E-state index in [1.807, 2.05) is 48.5 Å². The summed E-state index contributed by atoms with van der Waals surface area (Å²) >= 11 is 0. The molecule has 1 aromatic heterocycles. The van der Waals surface area contributed by atoms with E-state index in [2.05, 4.69) is 9.97 Å². The van der Waals surface area contributed by atoms with Crippen LogP contribution in [0.1, 0.15) is 0 Å². The Morgan fingerprint density at radius 2 is 1.12 bits per heavy atom. The first kappa shape index (κ1) is 15.8. The van der Waals surface area contributed by atoms with Gasteiger partial charge in [0, 0.05) is 11.1 Å². The fourth-order valence-corrected chi connectivity index (χ4v) is 2.38. The largest absolute Gasteiger partial charge is 0.497 e. The van der Waals surface area contributed by atoms with Crippen molar-refractivity contribution >= 4 is 0 Å². The van der Waals surface area contributed by atoms with E-state index in [0.29, 0.717) is 5.88 Å². The Bertz CT molecular complexity index is 815. The Morgan fingerprint density at radius 3 is 1.58 bits per heavy atom. The van der Waals surface area contributed by atoms with E-state index in [1.54, 1.807) is 27.5 Å². The summed E-state index contributed by atoms with van der Waals surface area (Å²) in [4.78, 5) is 9.11. The van der Waals surface area contributed by atoms with Gasteiger partial charge in [-0.05, 0) is 48.5 Å². The summed E-state index contributed by atoms with van der Waals surface area (Å²) in [6.07, 6.45) is 1.62. The maximum absolute atomic E-state index is 5.23. The van der Waals surface area contributed by atoms with Gasteiger partial charge in [0.1, 0.15) is 17.2 Å². The van der Waals surface area contributed by atoms with E-state index in [-0.39, 0.29) is 0 Å². The second-order valence-corrected chi connectivity index (χ2v) is 5.07. The molecule has 0 aliphatic carbocycles. The maximum atomic E-state index is 5.23. The number of ether oxygens (including phenoxy) is 3. The molecule has 2 aromatic carbocycles. The number of hydrogen-bond acceptors (Lipinski definition) is 5. The topological polar surface area (TPSA) is 53.5 Å². The van der Waals surface area contributed by atoms with E-state index in [1.165, 1.54) is 0 Å². The molecule has 0 unspecified atom stereocenters. The van der Waals surface area contributed by atoms with E-state index < -0.39 is 0 Å². The molecule has 5 nitrogen and oxygen atoms in total. The highest BCUT2D eigenvalue weighted by Gasteiger charge is 2.13. The number of hydrogen-bond donors (Lipinski definition) is 0. The van der Waals surface area contributed by atoms with E-state index >= 15 is 0 Å². The van der Waals surface area contributed by atoms with Gasteiger partial charge in [-0.2, -0.15) is 0 Å². The molecular formula is C19H18N2O3. The lowest BCUT2D eigenvalue weighted by atomic mass is 10.0. The summed E-state index contributed by atoms with van der Waals surface area (Å²) in [5.74, 6) is 2.06. The van der Waals surface area contributed by atoms with Crippen molar-refractivity contribution in [1.29, 1.82) is 0 Å². The van der Waals surface area contributed by atoms with Gasteiger partial charge in [-0.1, -0.05) is 0 Å². The highest BCUT2D eigenvalue weighted by atomic mass is 16.5. The molecular weight excluding hydrogens is 304 g/mol. The second kappa shape index (κ2) is 7.00. The van der Waals surface area contributed by atoms with Gasteiger partial charge < -0.3 is 14.2 Å². The summed E-state index contributed by atoms with van der Waals surface area (Å²) in [7, 11) is 4.86. The Hall–Kier alpha value is -3.08. The zero-order valence-electron chi connectivity index (χ0n) is 13.8. The summed E-state index contributed by atoms with van der Waals surface area (Å²) < 4.78 is 15.7. The van der Waals surface area contributed by atoms with Gasteiger partial charge in [-0.25, -0.2) is 9.97 Å². The third-order valence-electron chi connectivity index (χ3n) is 3.69. The Balaban J connectivity index is 2.10. The zero-order valence-corrected chi connectivity index (χ0v) is 13.8. The van der Waals surface area contributed by atoms with Crippen LogP contribution in [0.2, 0.25) is 0 Å². The quantitative estimate of drug-likeness (QED) is 0.714. The first-order valence-corrected chi connectivity index (χ1v) is 7.45. The smallest absolute Gasteiger partial charge is 0.232 e. The third-order valence-corrected chi connectivity index (χ3v) is 3.69. The monoisotopic (exact) mass is 322 g/mol. The van der Waals surface area contributed by atoms with Gasteiger partial charge in [-0.3, -0.25) is 0 Å². The predicted octanol–water partition coefficient (Wildman–Crippen LogP) is 3.84. The zero-order chi connectivity index (χ0) is 16.9. The van der Waals surface area contributed by atoms with E-state index in [9.17, 15) is 0 Å². The van der Waals surface area contributed by atoms with Crippen LogP contribution in [0, 0.1) is 0 Å². The van der Waals surface area contributed by atoms with Gasteiger partial charge in [-0.15, -0.1) is 0 Å². The SMILES string of the molecule is COc1ccc(-c2ncc(OC)nc2-c2ccc(OC)cc2)cc1. The number of methoxy groups -OCH3 is 3. The van der Waals surface area contributed by atoms with Crippen LogP contribution in [0.3, 0.4) is 0 Å². The van der Waals surface area contributed by atoms with E-state index in [0.717, 1.165) is 34.0 Å². The molecule has 0 saturated heterocycles. The lowest BCUT2D eigenvalue weighted by Crippen LogP contribution is -1.97. The van der Waals surface area contributed by atoms with Crippen molar-refractivity contribution in [3.05, 3.63) is 54.7 Å². The van der Waals surface area contributed by atoms with Crippen LogP contribution in [-0.2, 0) is 0 Å². The lowest BCUT2D eigenvalue weighted by molar-refractivity contribution is 0.396. The summed E-state index contributed by atoms with van der Waals surface area (Å²) in [5.41, 5.74) is 3.43. The molecule has 0 N–H and O–H groups in total. The van der Waals surface area contributed by atoms with Crippen molar-refractivity contribution in [2.45, 2.75) is 0 Å². The molecule has 24 heavy (non-hydrogen) atoms. The molecule has 0 spiro atoms. The van der Waals surface area contributed by atoms with Gasteiger partial charge >= 0.3 is 0 Å². The molecule has 1 heterocycles. The van der Waals surface area contributed by atoms with Crippen LogP contribution in [0.25, 0.3) is 22.5 Å². The molecule has 0 atom stereocenters. The average molecular weight is 322 g/mol. The fourth-order valence-electron chi connectivity index (χ4n) is 2.38. The summed E-state index contributed by atoms with van der Waals surface area (Å²) in [6.45, 7) is 0. The minimum absolute atomic E-state index is 0.470. The van der Waals surface area contributed by atoms with Crippen molar-refractivity contribution in [2.75, 3.05) is 21.3 Å². The van der Waals surface area contributed by atoms with Crippen LogP contribution in [0.15, 0.2) is 54.7 Å². The first-order chi connectivity index (χ1) is 11.7.